The molecule has 0 amide bonds. The Morgan fingerprint density at radius 1 is 0.737 bits per heavy atom. The quantitative estimate of drug-likeness (QED) is 0.368. The Hall–Kier alpha value is -0.570. The van der Waals surface area contributed by atoms with Gasteiger partial charge in [-0.25, -0.2) is 0 Å². The smallest absolute Gasteiger partial charge is 0.305 e. The van der Waals surface area contributed by atoms with Crippen LogP contribution in [0.2, 0.25) is 0 Å². The molecule has 0 rings (SSSR count). The van der Waals surface area contributed by atoms with E-state index in [1.807, 2.05) is 6.92 Å². The fraction of sp³-hybridized carbons (Fsp3) is 0.938. The lowest BCUT2D eigenvalue weighted by atomic mass is 10.1. The van der Waals surface area contributed by atoms with Crippen molar-refractivity contribution in [2.24, 2.45) is 0 Å². The normalized spacial score (nSPS) is 10.0. The zero-order chi connectivity index (χ0) is 13.5. The molecule has 0 bridgehead atoms. The number of rotatable bonds is 13. The minimum Gasteiger partial charge on any atom is -0.466 e. The number of esters is 1. The van der Waals surface area contributed by atoms with Gasteiger partial charge in [0.2, 0.25) is 0 Å². The van der Waals surface area contributed by atoms with Gasteiger partial charge in [-0.15, -0.1) is 0 Å². The summed E-state index contributed by atoms with van der Waals surface area (Å²) in [6, 6.07) is 0. The Morgan fingerprint density at radius 3 is 1.58 bits per heavy atom. The lowest BCUT2D eigenvalue weighted by molar-refractivity contribution is -0.143. The number of ether oxygens (including phenoxy) is 1. The molecule has 0 aromatic carbocycles. The maximum atomic E-state index is 11.1. The van der Waals surface area contributed by atoms with Crippen LogP contribution in [0, 0.1) is 0 Å². The highest BCUT2D eigenvalue weighted by Gasteiger charge is 2.00. The Balaban J connectivity index is 0. The van der Waals surface area contributed by atoms with Crippen LogP contribution in [0.4, 0.5) is 0 Å². The third-order valence-corrected chi connectivity index (χ3v) is 3.29. The van der Waals surface area contributed by atoms with Gasteiger partial charge in [-0.1, -0.05) is 71.1 Å². The van der Waals surface area contributed by atoms with Crippen molar-refractivity contribution in [3.05, 3.63) is 0 Å². The number of carbonyl (C=O) groups excluding carboxylic acids is 1. The second-order valence-electron chi connectivity index (χ2n) is 5.09. The minimum atomic E-state index is -0.0339. The van der Waals surface area contributed by atoms with E-state index in [2.05, 4.69) is 6.92 Å². The summed E-state index contributed by atoms with van der Waals surface area (Å²) in [5, 5.41) is 0. The molecule has 0 saturated heterocycles. The van der Waals surface area contributed by atoms with E-state index < -0.39 is 0 Å². The lowest BCUT2D eigenvalue weighted by Gasteiger charge is -2.03. The number of hydrogen-bond acceptors (Lipinski definition) is 2. The van der Waals surface area contributed by atoms with E-state index in [4.69, 9.17) is 4.74 Å². The van der Waals surface area contributed by atoms with Gasteiger partial charge in [0.15, 0.2) is 0 Å². The van der Waals surface area contributed by atoms with Gasteiger partial charge >= 0.3 is 5.97 Å². The lowest BCUT2D eigenvalue weighted by Crippen LogP contribution is -2.03. The molecule has 0 unspecified atom stereocenters. The van der Waals surface area contributed by atoms with Crippen LogP contribution >= 0.6 is 0 Å². The topological polar surface area (TPSA) is 57.8 Å². The molecular formula is C16H34O3. The first-order valence-electron chi connectivity index (χ1n) is 7.96. The van der Waals surface area contributed by atoms with Crippen molar-refractivity contribution >= 4 is 5.97 Å². The van der Waals surface area contributed by atoms with Crippen LogP contribution < -0.4 is 0 Å². The van der Waals surface area contributed by atoms with Gasteiger partial charge in [0.1, 0.15) is 0 Å². The second-order valence-corrected chi connectivity index (χ2v) is 5.09. The molecule has 0 radical (unpaired) electrons. The molecule has 0 heterocycles. The monoisotopic (exact) mass is 274 g/mol. The fourth-order valence-corrected chi connectivity index (χ4v) is 2.17. The average Bonchev–Trinajstić information content (AvgIpc) is 2.36. The van der Waals surface area contributed by atoms with Crippen molar-refractivity contribution in [1.29, 1.82) is 0 Å². The Bertz CT molecular complexity index is 181. The first-order chi connectivity index (χ1) is 8.81. The summed E-state index contributed by atoms with van der Waals surface area (Å²) in [7, 11) is 0. The largest absolute Gasteiger partial charge is 0.466 e. The molecular weight excluding hydrogens is 240 g/mol. The van der Waals surface area contributed by atoms with Crippen LogP contribution in [0.25, 0.3) is 0 Å². The van der Waals surface area contributed by atoms with Crippen LogP contribution in [-0.4, -0.2) is 18.1 Å². The highest BCUT2D eigenvalue weighted by Crippen LogP contribution is 2.11. The van der Waals surface area contributed by atoms with E-state index in [9.17, 15) is 4.79 Å². The molecule has 0 fully saturated rings. The summed E-state index contributed by atoms with van der Waals surface area (Å²) in [5.74, 6) is -0.0339. The predicted octanol–water partition coefficient (Wildman–Crippen LogP) is 4.43. The molecule has 2 N–H and O–H groups in total. The third-order valence-electron chi connectivity index (χ3n) is 3.29. The van der Waals surface area contributed by atoms with Crippen LogP contribution in [0.1, 0.15) is 90.9 Å². The molecule has 0 aromatic heterocycles. The molecule has 0 aliphatic carbocycles. The van der Waals surface area contributed by atoms with Crippen molar-refractivity contribution < 1.29 is 15.0 Å². The standard InChI is InChI=1S/C16H32O2.H2O/c1-3-5-6-7-8-9-10-11-12-13-14-15-16(17)18-4-2;/h3-15H2,1-2H3;1H2. The van der Waals surface area contributed by atoms with E-state index in [0.29, 0.717) is 13.0 Å². The highest BCUT2D eigenvalue weighted by molar-refractivity contribution is 5.69. The van der Waals surface area contributed by atoms with E-state index in [1.54, 1.807) is 0 Å². The molecule has 116 valence electrons. The zero-order valence-corrected chi connectivity index (χ0v) is 13.0. The van der Waals surface area contributed by atoms with Crippen molar-refractivity contribution in [2.75, 3.05) is 6.61 Å². The van der Waals surface area contributed by atoms with E-state index in [0.717, 1.165) is 6.42 Å². The SMILES string of the molecule is CCCCCCCCCCCCCC(=O)OCC.O. The zero-order valence-electron chi connectivity index (χ0n) is 13.0. The van der Waals surface area contributed by atoms with E-state index in [-0.39, 0.29) is 11.4 Å². The van der Waals surface area contributed by atoms with Crippen molar-refractivity contribution in [3.63, 3.8) is 0 Å². The van der Waals surface area contributed by atoms with Gasteiger partial charge in [-0.2, -0.15) is 0 Å². The average molecular weight is 274 g/mol. The predicted molar refractivity (Wildman–Crippen MR) is 81.3 cm³/mol. The maximum absolute atomic E-state index is 11.1. The molecule has 0 aliphatic rings. The van der Waals surface area contributed by atoms with Gasteiger partial charge in [-0.3, -0.25) is 4.79 Å². The Morgan fingerprint density at radius 2 is 1.16 bits per heavy atom. The van der Waals surface area contributed by atoms with Crippen LogP contribution in [-0.2, 0) is 9.53 Å². The molecule has 0 aromatic rings. The van der Waals surface area contributed by atoms with Crippen molar-refractivity contribution in [2.45, 2.75) is 90.9 Å². The van der Waals surface area contributed by atoms with E-state index >= 15 is 0 Å². The molecule has 19 heavy (non-hydrogen) atoms. The molecule has 0 spiro atoms. The van der Waals surface area contributed by atoms with Crippen LogP contribution in [0.15, 0.2) is 0 Å². The Labute approximate surface area is 119 Å². The summed E-state index contributed by atoms with van der Waals surface area (Å²) in [5.41, 5.74) is 0. The van der Waals surface area contributed by atoms with Gasteiger partial charge in [0.25, 0.3) is 0 Å². The summed E-state index contributed by atoms with van der Waals surface area (Å²) in [6.07, 6.45) is 15.1. The third kappa shape index (κ3) is 17.4. The van der Waals surface area contributed by atoms with Crippen molar-refractivity contribution in [1.82, 2.24) is 0 Å². The van der Waals surface area contributed by atoms with Crippen LogP contribution in [0.5, 0.6) is 0 Å². The first-order valence-corrected chi connectivity index (χ1v) is 7.96. The number of unbranched alkanes of at least 4 members (excludes halogenated alkanes) is 10. The summed E-state index contributed by atoms with van der Waals surface area (Å²) >= 11 is 0. The first kappa shape index (κ1) is 20.7. The summed E-state index contributed by atoms with van der Waals surface area (Å²) in [4.78, 5) is 11.1. The number of carbonyl (C=O) groups is 1. The van der Waals surface area contributed by atoms with Gasteiger partial charge in [0, 0.05) is 6.42 Å². The molecule has 3 heteroatoms. The van der Waals surface area contributed by atoms with E-state index in [1.165, 1.54) is 64.2 Å². The van der Waals surface area contributed by atoms with Gasteiger partial charge < -0.3 is 10.2 Å². The second kappa shape index (κ2) is 17.4. The summed E-state index contributed by atoms with van der Waals surface area (Å²) < 4.78 is 4.89. The maximum Gasteiger partial charge on any atom is 0.305 e. The van der Waals surface area contributed by atoms with Gasteiger partial charge in [-0.05, 0) is 13.3 Å². The molecule has 0 aliphatic heterocycles. The van der Waals surface area contributed by atoms with Gasteiger partial charge in [0.05, 0.1) is 6.61 Å². The Kier molecular flexibility index (Phi) is 19.0. The fourth-order valence-electron chi connectivity index (χ4n) is 2.17. The number of hydrogen-bond donors (Lipinski definition) is 0. The highest BCUT2D eigenvalue weighted by atomic mass is 16.5. The molecule has 0 atom stereocenters. The molecule has 3 nitrogen and oxygen atoms in total. The summed E-state index contributed by atoms with van der Waals surface area (Å²) in [6.45, 7) is 4.63. The minimum absolute atomic E-state index is 0. The molecule has 0 saturated carbocycles. The van der Waals surface area contributed by atoms with Crippen LogP contribution in [0.3, 0.4) is 0 Å². The van der Waals surface area contributed by atoms with Crippen molar-refractivity contribution in [3.8, 4) is 0 Å².